The zero-order valence-corrected chi connectivity index (χ0v) is 12.4. The maximum Gasteiger partial charge on any atom is 0.321 e. The molecule has 2 aromatic carbocycles. The molecule has 0 fully saturated rings. The first-order valence-electron chi connectivity index (χ1n) is 5.37. The van der Waals surface area contributed by atoms with Crippen LogP contribution < -0.4 is 0 Å². The first-order valence-corrected chi connectivity index (χ1v) is 7.32. The van der Waals surface area contributed by atoms with Crippen molar-refractivity contribution in [3.05, 3.63) is 63.7 Å². The van der Waals surface area contributed by atoms with E-state index < -0.39 is 11.2 Å². The number of hydrogen-bond donors (Lipinski definition) is 1. The van der Waals surface area contributed by atoms with Crippen LogP contribution in [0.1, 0.15) is 10.8 Å². The maximum absolute atomic E-state index is 11.4. The lowest BCUT2D eigenvalue weighted by molar-refractivity contribution is -0.136. The minimum atomic E-state index is -0.815. The van der Waals surface area contributed by atoms with Crippen molar-refractivity contribution in [1.82, 2.24) is 0 Å². The molecule has 0 aliphatic heterocycles. The fourth-order valence-electron chi connectivity index (χ4n) is 1.53. The maximum atomic E-state index is 11.4. The highest BCUT2D eigenvalue weighted by Crippen LogP contribution is 2.35. The molecule has 2 aromatic rings. The number of halogens is 1. The topological polar surface area (TPSA) is 37.3 Å². The van der Waals surface area contributed by atoms with Crippen molar-refractivity contribution in [2.24, 2.45) is 0 Å². The van der Waals surface area contributed by atoms with E-state index in [9.17, 15) is 9.90 Å². The zero-order valence-electron chi connectivity index (χ0n) is 9.42. The quantitative estimate of drug-likeness (QED) is 0.647. The zero-order chi connectivity index (χ0) is 13.0. The highest BCUT2D eigenvalue weighted by molar-refractivity contribution is 14.1. The monoisotopic (exact) mass is 370 g/mol. The number of thioether (sulfide) groups is 1. The summed E-state index contributed by atoms with van der Waals surface area (Å²) in [6.07, 6.45) is 0. The van der Waals surface area contributed by atoms with Crippen molar-refractivity contribution in [3.63, 3.8) is 0 Å². The molecule has 18 heavy (non-hydrogen) atoms. The van der Waals surface area contributed by atoms with E-state index in [1.807, 2.05) is 54.6 Å². The van der Waals surface area contributed by atoms with Crippen molar-refractivity contribution >= 4 is 40.3 Å². The third kappa shape index (κ3) is 3.49. The van der Waals surface area contributed by atoms with Gasteiger partial charge in [0.25, 0.3) is 0 Å². The first-order chi connectivity index (χ1) is 8.66. The van der Waals surface area contributed by atoms with Crippen molar-refractivity contribution in [2.45, 2.75) is 10.1 Å². The van der Waals surface area contributed by atoms with Crippen LogP contribution in [-0.4, -0.2) is 11.1 Å². The van der Waals surface area contributed by atoms with Crippen molar-refractivity contribution in [3.8, 4) is 0 Å². The highest BCUT2D eigenvalue weighted by atomic mass is 127. The lowest BCUT2D eigenvalue weighted by Crippen LogP contribution is -2.07. The first kappa shape index (κ1) is 13.4. The van der Waals surface area contributed by atoms with Crippen LogP contribution in [0, 0.1) is 3.57 Å². The van der Waals surface area contributed by atoms with Crippen LogP contribution in [0.4, 0.5) is 0 Å². The largest absolute Gasteiger partial charge is 0.480 e. The van der Waals surface area contributed by atoms with E-state index >= 15 is 0 Å². The van der Waals surface area contributed by atoms with Crippen molar-refractivity contribution in [1.29, 1.82) is 0 Å². The minimum Gasteiger partial charge on any atom is -0.480 e. The Balaban J connectivity index is 2.24. The third-order valence-corrected chi connectivity index (χ3v) is 4.37. The standard InChI is InChI=1S/C14H11IO2S/c15-11-8-6-10(7-9-11)13(14(16)17)18-12-4-2-1-3-5-12/h1-9,13H,(H,16,17). The third-order valence-electron chi connectivity index (χ3n) is 2.39. The molecule has 1 N–H and O–H groups in total. The smallest absolute Gasteiger partial charge is 0.321 e. The second-order valence-corrected chi connectivity index (χ2v) is 6.12. The van der Waals surface area contributed by atoms with Crippen LogP contribution in [0.15, 0.2) is 59.5 Å². The second-order valence-electron chi connectivity index (χ2n) is 3.70. The lowest BCUT2D eigenvalue weighted by Gasteiger charge is -2.12. The number of hydrogen-bond acceptors (Lipinski definition) is 2. The van der Waals surface area contributed by atoms with E-state index in [4.69, 9.17) is 0 Å². The molecule has 0 aromatic heterocycles. The molecule has 0 aliphatic rings. The minimum absolute atomic E-state index is 0.565. The van der Waals surface area contributed by atoms with Crippen molar-refractivity contribution in [2.75, 3.05) is 0 Å². The van der Waals surface area contributed by atoms with E-state index in [0.717, 1.165) is 14.0 Å². The summed E-state index contributed by atoms with van der Waals surface area (Å²) in [7, 11) is 0. The molecule has 1 unspecified atom stereocenters. The van der Waals surface area contributed by atoms with Crippen LogP contribution in [0.2, 0.25) is 0 Å². The number of benzene rings is 2. The number of carbonyl (C=O) groups is 1. The predicted octanol–water partition coefficient (Wildman–Crippen LogP) is 4.21. The van der Waals surface area contributed by atoms with Gasteiger partial charge < -0.3 is 5.11 Å². The fourth-order valence-corrected chi connectivity index (χ4v) is 2.87. The van der Waals surface area contributed by atoms with Gasteiger partial charge in [-0.25, -0.2) is 0 Å². The van der Waals surface area contributed by atoms with Crippen LogP contribution >= 0.6 is 34.4 Å². The summed E-state index contributed by atoms with van der Waals surface area (Å²) in [4.78, 5) is 12.3. The molecule has 0 amide bonds. The number of rotatable bonds is 4. The average Bonchev–Trinajstić information content (AvgIpc) is 2.38. The molecule has 0 saturated heterocycles. The van der Waals surface area contributed by atoms with Gasteiger partial charge in [0.05, 0.1) is 0 Å². The molecular formula is C14H11IO2S. The summed E-state index contributed by atoms with van der Waals surface area (Å²) < 4.78 is 1.10. The van der Waals surface area contributed by atoms with Crippen LogP contribution in [0.5, 0.6) is 0 Å². The Morgan fingerprint density at radius 2 is 1.67 bits per heavy atom. The summed E-state index contributed by atoms with van der Waals surface area (Å²) in [6, 6.07) is 17.2. The Morgan fingerprint density at radius 1 is 1.06 bits per heavy atom. The molecule has 0 spiro atoms. The highest BCUT2D eigenvalue weighted by Gasteiger charge is 2.20. The van der Waals surface area contributed by atoms with Crippen LogP contribution in [0.3, 0.4) is 0 Å². The van der Waals surface area contributed by atoms with E-state index in [1.54, 1.807) is 0 Å². The van der Waals surface area contributed by atoms with Gasteiger partial charge in [0, 0.05) is 8.47 Å². The van der Waals surface area contributed by atoms with Gasteiger partial charge in [0.15, 0.2) is 0 Å². The molecule has 1 atom stereocenters. The molecule has 2 nitrogen and oxygen atoms in total. The van der Waals surface area contributed by atoms with E-state index in [0.29, 0.717) is 0 Å². The van der Waals surface area contributed by atoms with Crippen LogP contribution in [0.25, 0.3) is 0 Å². The van der Waals surface area contributed by atoms with Gasteiger partial charge in [-0.1, -0.05) is 30.3 Å². The van der Waals surface area contributed by atoms with Gasteiger partial charge in [-0.2, -0.15) is 0 Å². The van der Waals surface area contributed by atoms with E-state index in [-0.39, 0.29) is 0 Å². The second kappa shape index (κ2) is 6.24. The Bertz CT molecular complexity index is 525. The molecule has 0 radical (unpaired) electrons. The van der Waals surface area contributed by atoms with Gasteiger partial charge in [-0.3, -0.25) is 4.79 Å². The molecule has 0 bridgehead atoms. The van der Waals surface area contributed by atoms with Crippen LogP contribution in [-0.2, 0) is 4.79 Å². The number of carboxylic acid groups (broad SMARTS) is 1. The number of aliphatic carboxylic acids is 1. The Kier molecular flexibility index (Phi) is 4.66. The van der Waals surface area contributed by atoms with Gasteiger partial charge in [0.1, 0.15) is 5.25 Å². The summed E-state index contributed by atoms with van der Waals surface area (Å²) >= 11 is 3.56. The molecule has 2 rings (SSSR count). The van der Waals surface area contributed by atoms with Crippen molar-refractivity contribution < 1.29 is 9.90 Å². The SMILES string of the molecule is O=C(O)C(Sc1ccccc1)c1ccc(I)cc1. The predicted molar refractivity (Wildman–Crippen MR) is 81.8 cm³/mol. The van der Waals surface area contributed by atoms with Gasteiger partial charge in [0.2, 0.25) is 0 Å². The van der Waals surface area contributed by atoms with Gasteiger partial charge >= 0.3 is 5.97 Å². The molecule has 0 aliphatic carbocycles. The molecule has 4 heteroatoms. The molecule has 0 heterocycles. The summed E-state index contributed by atoms with van der Waals surface area (Å²) in [5.41, 5.74) is 0.816. The Morgan fingerprint density at radius 3 is 2.22 bits per heavy atom. The summed E-state index contributed by atoms with van der Waals surface area (Å²) in [5.74, 6) is -0.815. The Hall–Kier alpha value is -1.01. The molecule has 0 saturated carbocycles. The lowest BCUT2D eigenvalue weighted by atomic mass is 10.1. The van der Waals surface area contributed by atoms with Gasteiger partial charge in [-0.15, -0.1) is 11.8 Å². The van der Waals surface area contributed by atoms with E-state index in [2.05, 4.69) is 22.6 Å². The summed E-state index contributed by atoms with van der Waals surface area (Å²) in [6.45, 7) is 0. The molecule has 92 valence electrons. The average molecular weight is 370 g/mol. The Labute approximate surface area is 124 Å². The fraction of sp³-hybridized carbons (Fsp3) is 0.0714. The normalized spacial score (nSPS) is 12.1. The molecular weight excluding hydrogens is 359 g/mol. The van der Waals surface area contributed by atoms with Gasteiger partial charge in [-0.05, 0) is 52.4 Å². The summed E-state index contributed by atoms with van der Waals surface area (Å²) in [5, 5.41) is 8.77. The van der Waals surface area contributed by atoms with E-state index in [1.165, 1.54) is 11.8 Å². The number of carboxylic acids is 1.